The quantitative estimate of drug-likeness (QED) is 0.818. The van der Waals surface area contributed by atoms with Gasteiger partial charge in [-0.25, -0.2) is 9.97 Å². The first-order chi connectivity index (χ1) is 7.84. The van der Waals surface area contributed by atoms with Crippen LogP contribution >= 0.6 is 0 Å². The molecule has 3 heterocycles. The van der Waals surface area contributed by atoms with E-state index in [-0.39, 0.29) is 0 Å². The van der Waals surface area contributed by atoms with Crippen LogP contribution in [-0.4, -0.2) is 27.6 Å². The molecule has 0 bridgehead atoms. The Morgan fingerprint density at radius 2 is 2.50 bits per heavy atom. The number of fused-ring (bicyclic) bond motifs is 1. The zero-order valence-electron chi connectivity index (χ0n) is 9.48. The van der Waals surface area contributed by atoms with Crippen LogP contribution in [0.4, 0.5) is 0 Å². The minimum absolute atomic E-state index is 0.732. The van der Waals surface area contributed by atoms with E-state index in [1.54, 1.807) is 6.20 Å². The maximum Gasteiger partial charge on any atom is 0.177 e. The van der Waals surface area contributed by atoms with Crippen LogP contribution in [-0.2, 0) is 13.5 Å². The molecule has 0 aromatic carbocycles. The van der Waals surface area contributed by atoms with Crippen molar-refractivity contribution < 1.29 is 0 Å². The van der Waals surface area contributed by atoms with Gasteiger partial charge in [-0.1, -0.05) is 0 Å². The van der Waals surface area contributed by atoms with Crippen molar-refractivity contribution in [3.05, 3.63) is 24.2 Å². The Bertz CT molecular complexity index is 497. The maximum absolute atomic E-state index is 4.60. The van der Waals surface area contributed by atoms with Crippen LogP contribution in [0.25, 0.3) is 11.2 Å². The average molecular weight is 216 g/mol. The molecule has 2 aromatic heterocycles. The highest BCUT2D eigenvalue weighted by molar-refractivity contribution is 5.71. The number of hydrogen-bond acceptors (Lipinski definition) is 3. The topological polar surface area (TPSA) is 42.7 Å². The van der Waals surface area contributed by atoms with Crippen molar-refractivity contribution in [1.29, 1.82) is 0 Å². The number of nitrogens with one attached hydrogen (secondary N) is 1. The summed E-state index contributed by atoms with van der Waals surface area (Å²) in [4.78, 5) is 8.89. The molecule has 0 aliphatic carbocycles. The monoisotopic (exact) mass is 216 g/mol. The van der Waals surface area contributed by atoms with Gasteiger partial charge in [0.05, 0.1) is 5.52 Å². The van der Waals surface area contributed by atoms with E-state index in [2.05, 4.69) is 33.0 Å². The van der Waals surface area contributed by atoms with Gasteiger partial charge in [0.15, 0.2) is 5.65 Å². The smallest absolute Gasteiger partial charge is 0.177 e. The lowest BCUT2D eigenvalue weighted by atomic mass is 10.1. The molecule has 4 nitrogen and oxygen atoms in total. The Hall–Kier alpha value is -1.42. The zero-order chi connectivity index (χ0) is 11.0. The highest BCUT2D eigenvalue weighted by Gasteiger charge is 2.18. The molecule has 16 heavy (non-hydrogen) atoms. The lowest BCUT2D eigenvalue weighted by Gasteiger charge is -2.07. The third kappa shape index (κ3) is 1.59. The summed E-state index contributed by atoms with van der Waals surface area (Å²) in [6.07, 6.45) is 4.12. The number of rotatable bonds is 2. The van der Waals surface area contributed by atoms with Crippen LogP contribution in [0.1, 0.15) is 12.2 Å². The fourth-order valence-corrected chi connectivity index (χ4v) is 2.40. The predicted molar refractivity (Wildman–Crippen MR) is 63.2 cm³/mol. The lowest BCUT2D eigenvalue weighted by molar-refractivity contribution is 0.552. The molecule has 2 aromatic rings. The van der Waals surface area contributed by atoms with Gasteiger partial charge in [0.2, 0.25) is 0 Å². The fourth-order valence-electron chi connectivity index (χ4n) is 2.40. The molecular weight excluding hydrogens is 200 g/mol. The normalized spacial score (nSPS) is 20.7. The predicted octanol–water partition coefficient (Wildman–Crippen LogP) is 1.12. The second-order valence-electron chi connectivity index (χ2n) is 4.50. The molecule has 0 spiro atoms. The largest absolute Gasteiger partial charge is 0.330 e. The van der Waals surface area contributed by atoms with Crippen LogP contribution in [0.15, 0.2) is 18.3 Å². The first kappa shape index (κ1) is 9.78. The molecule has 4 heteroatoms. The van der Waals surface area contributed by atoms with E-state index >= 15 is 0 Å². The van der Waals surface area contributed by atoms with Gasteiger partial charge in [-0.15, -0.1) is 0 Å². The van der Waals surface area contributed by atoms with Crippen molar-refractivity contribution in [2.24, 2.45) is 13.0 Å². The van der Waals surface area contributed by atoms with Crippen molar-refractivity contribution in [2.45, 2.75) is 12.8 Å². The molecule has 84 valence electrons. The Balaban J connectivity index is 1.94. The minimum Gasteiger partial charge on any atom is -0.330 e. The standard InChI is InChI=1S/C12H16N4/c1-16-10-3-2-5-14-12(10)15-11(16)7-9-4-6-13-8-9/h2-3,5,9,13H,4,6-8H2,1H3. The Kier molecular flexibility index (Phi) is 2.36. The molecule has 1 aliphatic heterocycles. The van der Waals surface area contributed by atoms with E-state index in [1.165, 1.54) is 6.42 Å². The van der Waals surface area contributed by atoms with E-state index in [0.29, 0.717) is 0 Å². The summed E-state index contributed by atoms with van der Waals surface area (Å²) in [5.74, 6) is 1.89. The fraction of sp³-hybridized carbons (Fsp3) is 0.500. The van der Waals surface area contributed by atoms with Crippen molar-refractivity contribution in [2.75, 3.05) is 13.1 Å². The SMILES string of the molecule is Cn1c(CC2CCNC2)nc2ncccc21. The number of imidazole rings is 1. The van der Waals surface area contributed by atoms with Gasteiger partial charge in [-0.2, -0.15) is 0 Å². The third-order valence-corrected chi connectivity index (χ3v) is 3.38. The maximum atomic E-state index is 4.60. The van der Waals surface area contributed by atoms with Crippen molar-refractivity contribution >= 4 is 11.2 Å². The van der Waals surface area contributed by atoms with Gasteiger partial charge < -0.3 is 9.88 Å². The van der Waals surface area contributed by atoms with Crippen LogP contribution in [0, 0.1) is 5.92 Å². The van der Waals surface area contributed by atoms with Crippen LogP contribution in [0.3, 0.4) is 0 Å². The van der Waals surface area contributed by atoms with E-state index < -0.39 is 0 Å². The van der Waals surface area contributed by atoms with Gasteiger partial charge >= 0.3 is 0 Å². The minimum atomic E-state index is 0.732. The molecule has 1 fully saturated rings. The number of nitrogens with zero attached hydrogens (tertiary/aromatic N) is 3. The van der Waals surface area contributed by atoms with Crippen LogP contribution in [0.2, 0.25) is 0 Å². The zero-order valence-corrected chi connectivity index (χ0v) is 9.48. The first-order valence-electron chi connectivity index (χ1n) is 5.81. The second kappa shape index (κ2) is 3.87. The van der Waals surface area contributed by atoms with Gasteiger partial charge in [-0.05, 0) is 37.6 Å². The molecule has 1 saturated heterocycles. The average Bonchev–Trinajstić information content (AvgIpc) is 2.90. The van der Waals surface area contributed by atoms with Gasteiger partial charge in [0.1, 0.15) is 5.82 Å². The van der Waals surface area contributed by atoms with E-state index in [1.807, 2.05) is 6.07 Å². The molecule has 1 atom stereocenters. The molecule has 0 saturated carbocycles. The van der Waals surface area contributed by atoms with Gasteiger partial charge in [0.25, 0.3) is 0 Å². The number of aryl methyl sites for hydroxylation is 1. The van der Waals surface area contributed by atoms with Crippen LogP contribution < -0.4 is 5.32 Å². The summed E-state index contributed by atoms with van der Waals surface area (Å²) < 4.78 is 2.17. The summed E-state index contributed by atoms with van der Waals surface area (Å²) >= 11 is 0. The number of aromatic nitrogens is 3. The van der Waals surface area contributed by atoms with E-state index in [9.17, 15) is 0 Å². The lowest BCUT2D eigenvalue weighted by Crippen LogP contribution is -2.12. The molecular formula is C12H16N4. The Labute approximate surface area is 94.7 Å². The Morgan fingerprint density at radius 1 is 1.56 bits per heavy atom. The first-order valence-corrected chi connectivity index (χ1v) is 5.81. The molecule has 1 aliphatic rings. The molecule has 0 amide bonds. The van der Waals surface area contributed by atoms with E-state index in [0.717, 1.165) is 42.4 Å². The summed E-state index contributed by atoms with van der Waals surface area (Å²) in [6.45, 7) is 2.27. The van der Waals surface area contributed by atoms with Crippen LogP contribution in [0.5, 0.6) is 0 Å². The third-order valence-electron chi connectivity index (χ3n) is 3.38. The second-order valence-corrected chi connectivity index (χ2v) is 4.50. The highest BCUT2D eigenvalue weighted by atomic mass is 15.1. The molecule has 0 radical (unpaired) electrons. The Morgan fingerprint density at radius 3 is 3.25 bits per heavy atom. The van der Waals surface area contributed by atoms with Crippen molar-refractivity contribution in [1.82, 2.24) is 19.9 Å². The van der Waals surface area contributed by atoms with Crippen molar-refractivity contribution in [3.8, 4) is 0 Å². The molecule has 3 rings (SSSR count). The summed E-state index contributed by atoms with van der Waals surface area (Å²) in [5, 5.41) is 3.39. The summed E-state index contributed by atoms with van der Waals surface area (Å²) in [6, 6.07) is 4.04. The van der Waals surface area contributed by atoms with E-state index in [4.69, 9.17) is 0 Å². The molecule has 1 unspecified atom stereocenters. The van der Waals surface area contributed by atoms with Crippen molar-refractivity contribution in [3.63, 3.8) is 0 Å². The highest BCUT2D eigenvalue weighted by Crippen LogP contribution is 2.18. The number of pyridine rings is 1. The van der Waals surface area contributed by atoms with Gasteiger partial charge in [0, 0.05) is 19.7 Å². The summed E-state index contributed by atoms with van der Waals surface area (Å²) in [7, 11) is 2.08. The summed E-state index contributed by atoms with van der Waals surface area (Å²) in [5.41, 5.74) is 1.99. The van der Waals surface area contributed by atoms with Gasteiger partial charge in [-0.3, -0.25) is 0 Å². The molecule has 1 N–H and O–H groups in total. The number of hydrogen-bond donors (Lipinski definition) is 1.